The van der Waals surface area contributed by atoms with Crippen molar-refractivity contribution < 1.29 is 9.59 Å². The van der Waals surface area contributed by atoms with E-state index in [-0.39, 0.29) is 11.8 Å². The van der Waals surface area contributed by atoms with Crippen LogP contribution < -0.4 is 10.2 Å². The molecule has 1 N–H and O–H groups in total. The van der Waals surface area contributed by atoms with E-state index in [1.165, 1.54) is 5.56 Å². The van der Waals surface area contributed by atoms with Crippen LogP contribution >= 0.6 is 23.2 Å². The fourth-order valence-corrected chi connectivity index (χ4v) is 4.02. The maximum atomic E-state index is 13.0. The first kappa shape index (κ1) is 19.5. The molecular weight excluding hydrogens is 407 g/mol. The topological polar surface area (TPSA) is 49.4 Å². The van der Waals surface area contributed by atoms with Crippen molar-refractivity contribution in [1.29, 1.82) is 0 Å². The number of amides is 2. The summed E-state index contributed by atoms with van der Waals surface area (Å²) in [5.74, 6) is -0.364. The van der Waals surface area contributed by atoms with Crippen LogP contribution in [-0.4, -0.2) is 18.4 Å². The van der Waals surface area contributed by atoms with Crippen molar-refractivity contribution in [3.63, 3.8) is 0 Å². The molecular formula is C23H18Cl2N2O2. The quantitative estimate of drug-likeness (QED) is 0.573. The maximum absolute atomic E-state index is 13.0. The molecule has 0 atom stereocenters. The van der Waals surface area contributed by atoms with E-state index in [0.29, 0.717) is 33.4 Å². The minimum Gasteiger partial charge on any atom is -0.322 e. The van der Waals surface area contributed by atoms with Crippen molar-refractivity contribution >= 4 is 46.4 Å². The number of nitrogens with one attached hydrogen (secondary N) is 1. The van der Waals surface area contributed by atoms with Gasteiger partial charge in [-0.2, -0.15) is 0 Å². The van der Waals surface area contributed by atoms with Crippen molar-refractivity contribution in [3.05, 3.63) is 93.5 Å². The lowest BCUT2D eigenvalue weighted by molar-refractivity contribution is 0.0982. The summed E-state index contributed by atoms with van der Waals surface area (Å²) in [6.07, 6.45) is 1.91. The van der Waals surface area contributed by atoms with Crippen LogP contribution in [0.15, 0.2) is 66.7 Å². The summed E-state index contributed by atoms with van der Waals surface area (Å²) in [6.45, 7) is 0.688. The molecule has 3 aromatic carbocycles. The number of hydrogen-bond donors (Lipinski definition) is 1. The SMILES string of the molecule is O=C(Nc1cc(Cl)cc(Cl)c1)c1ccc(C(=O)N2CCCc3ccccc32)cc1. The van der Waals surface area contributed by atoms with Gasteiger partial charge < -0.3 is 10.2 Å². The highest BCUT2D eigenvalue weighted by Gasteiger charge is 2.23. The van der Waals surface area contributed by atoms with Crippen LogP contribution in [-0.2, 0) is 6.42 Å². The maximum Gasteiger partial charge on any atom is 0.258 e. The van der Waals surface area contributed by atoms with E-state index in [2.05, 4.69) is 11.4 Å². The molecule has 0 aromatic heterocycles. The summed E-state index contributed by atoms with van der Waals surface area (Å²) in [7, 11) is 0. The third-order valence-electron chi connectivity index (χ3n) is 4.87. The second-order valence-corrected chi connectivity index (χ2v) is 7.75. The Balaban J connectivity index is 1.51. The molecule has 2 amide bonds. The predicted molar refractivity (Wildman–Crippen MR) is 117 cm³/mol. The third-order valence-corrected chi connectivity index (χ3v) is 5.31. The number of hydrogen-bond acceptors (Lipinski definition) is 2. The highest BCUT2D eigenvalue weighted by Crippen LogP contribution is 2.28. The molecule has 0 radical (unpaired) electrons. The van der Waals surface area contributed by atoms with Crippen molar-refractivity contribution in [2.24, 2.45) is 0 Å². The molecule has 1 heterocycles. The van der Waals surface area contributed by atoms with Crippen LogP contribution in [0.1, 0.15) is 32.7 Å². The van der Waals surface area contributed by atoms with E-state index < -0.39 is 0 Å². The van der Waals surface area contributed by atoms with E-state index in [1.807, 2.05) is 23.1 Å². The highest BCUT2D eigenvalue weighted by molar-refractivity contribution is 6.35. The number of benzene rings is 3. The number of halogens is 2. The molecule has 0 unspecified atom stereocenters. The Morgan fingerprint density at radius 2 is 1.52 bits per heavy atom. The molecule has 6 heteroatoms. The van der Waals surface area contributed by atoms with Crippen molar-refractivity contribution in [1.82, 2.24) is 0 Å². The van der Waals surface area contributed by atoms with Gasteiger partial charge in [-0.15, -0.1) is 0 Å². The van der Waals surface area contributed by atoms with Gasteiger partial charge in [-0.3, -0.25) is 9.59 Å². The second kappa shape index (κ2) is 8.27. The minimum absolute atomic E-state index is 0.0641. The van der Waals surface area contributed by atoms with E-state index in [1.54, 1.807) is 42.5 Å². The Morgan fingerprint density at radius 1 is 0.862 bits per heavy atom. The second-order valence-electron chi connectivity index (χ2n) is 6.88. The van der Waals surface area contributed by atoms with Crippen LogP contribution in [0.25, 0.3) is 0 Å². The van der Waals surface area contributed by atoms with Gasteiger partial charge in [0.15, 0.2) is 0 Å². The van der Waals surface area contributed by atoms with Gasteiger partial charge >= 0.3 is 0 Å². The number of carbonyl (C=O) groups is 2. The molecule has 0 bridgehead atoms. The van der Waals surface area contributed by atoms with E-state index in [9.17, 15) is 9.59 Å². The largest absolute Gasteiger partial charge is 0.322 e. The summed E-state index contributed by atoms with van der Waals surface area (Å²) in [4.78, 5) is 27.3. The fraction of sp³-hybridized carbons (Fsp3) is 0.130. The van der Waals surface area contributed by atoms with Gasteiger partial charge in [0, 0.05) is 39.1 Å². The zero-order valence-corrected chi connectivity index (χ0v) is 17.0. The summed E-state index contributed by atoms with van der Waals surface area (Å²) in [5, 5.41) is 3.64. The number of para-hydroxylation sites is 1. The van der Waals surface area contributed by atoms with Gasteiger partial charge in [-0.25, -0.2) is 0 Å². The average molecular weight is 425 g/mol. The lowest BCUT2D eigenvalue weighted by Crippen LogP contribution is -2.35. The minimum atomic E-state index is -0.300. The Labute approximate surface area is 179 Å². The first-order chi connectivity index (χ1) is 14.0. The zero-order valence-electron chi connectivity index (χ0n) is 15.5. The average Bonchev–Trinajstić information content (AvgIpc) is 2.72. The summed E-state index contributed by atoms with van der Waals surface area (Å²) in [5.41, 5.74) is 3.64. The first-order valence-electron chi connectivity index (χ1n) is 9.28. The molecule has 0 spiro atoms. The number of carbonyl (C=O) groups excluding carboxylic acids is 2. The highest BCUT2D eigenvalue weighted by atomic mass is 35.5. The molecule has 1 aliphatic rings. The smallest absolute Gasteiger partial charge is 0.258 e. The zero-order chi connectivity index (χ0) is 20.4. The van der Waals surface area contributed by atoms with Crippen LogP contribution in [0.4, 0.5) is 11.4 Å². The van der Waals surface area contributed by atoms with Crippen molar-refractivity contribution in [2.75, 3.05) is 16.8 Å². The molecule has 0 fully saturated rings. The number of fused-ring (bicyclic) bond motifs is 1. The first-order valence-corrected chi connectivity index (χ1v) is 10.0. The molecule has 0 aliphatic carbocycles. The van der Waals surface area contributed by atoms with Gasteiger partial charge in [0.25, 0.3) is 11.8 Å². The van der Waals surface area contributed by atoms with E-state index >= 15 is 0 Å². The molecule has 29 heavy (non-hydrogen) atoms. The Bertz CT molecular complexity index is 1060. The van der Waals surface area contributed by atoms with Gasteiger partial charge in [0.1, 0.15) is 0 Å². The summed E-state index contributed by atoms with van der Waals surface area (Å²) < 4.78 is 0. The standard InChI is InChI=1S/C23H18Cl2N2O2/c24-18-12-19(25)14-20(13-18)26-22(28)16-7-9-17(10-8-16)23(29)27-11-3-5-15-4-1-2-6-21(15)27/h1-2,4,6-10,12-14H,3,5,11H2,(H,26,28). The third kappa shape index (κ3) is 4.29. The van der Waals surface area contributed by atoms with Crippen LogP contribution in [0.2, 0.25) is 10.0 Å². The number of aryl methyl sites for hydroxylation is 1. The number of anilines is 2. The van der Waals surface area contributed by atoms with Crippen molar-refractivity contribution in [3.8, 4) is 0 Å². The normalized spacial score (nSPS) is 13.0. The fourth-order valence-electron chi connectivity index (χ4n) is 3.49. The summed E-state index contributed by atoms with van der Waals surface area (Å²) >= 11 is 11.9. The molecule has 4 nitrogen and oxygen atoms in total. The van der Waals surface area contributed by atoms with Gasteiger partial charge in [0.05, 0.1) is 0 Å². The van der Waals surface area contributed by atoms with Crippen LogP contribution in [0.5, 0.6) is 0 Å². The van der Waals surface area contributed by atoms with Gasteiger partial charge in [-0.05, 0) is 66.9 Å². The molecule has 0 saturated carbocycles. The van der Waals surface area contributed by atoms with E-state index in [4.69, 9.17) is 23.2 Å². The van der Waals surface area contributed by atoms with Gasteiger partial charge in [-0.1, -0.05) is 41.4 Å². The molecule has 146 valence electrons. The molecule has 4 rings (SSSR count). The molecule has 1 aliphatic heterocycles. The van der Waals surface area contributed by atoms with Crippen LogP contribution in [0, 0.1) is 0 Å². The lowest BCUT2D eigenvalue weighted by atomic mass is 10.0. The molecule has 3 aromatic rings. The lowest BCUT2D eigenvalue weighted by Gasteiger charge is -2.29. The van der Waals surface area contributed by atoms with Crippen molar-refractivity contribution in [2.45, 2.75) is 12.8 Å². The summed E-state index contributed by atoms with van der Waals surface area (Å²) in [6, 6.07) is 19.5. The van der Waals surface area contributed by atoms with Crippen LogP contribution in [0.3, 0.4) is 0 Å². The van der Waals surface area contributed by atoms with E-state index in [0.717, 1.165) is 18.5 Å². The predicted octanol–water partition coefficient (Wildman–Crippen LogP) is 5.84. The number of rotatable bonds is 3. The Hall–Kier alpha value is -2.82. The van der Waals surface area contributed by atoms with Gasteiger partial charge in [0.2, 0.25) is 0 Å². The molecule has 0 saturated heterocycles. The Morgan fingerprint density at radius 3 is 2.24 bits per heavy atom. The Kier molecular flexibility index (Phi) is 5.56. The number of nitrogens with zero attached hydrogens (tertiary/aromatic N) is 1. The monoisotopic (exact) mass is 424 g/mol.